The van der Waals surface area contributed by atoms with E-state index in [1.165, 1.54) is 11.8 Å². The Hall–Kier alpha value is -3.78. The monoisotopic (exact) mass is 473 g/mol. The standard InChI is InChI=1S/C26H23N3O4S/c1-16-7-10-19(11-8-16)29-25(31)20-5-3-4-6-21(20)28-26(29)34-17(2)24(30)27-18-9-12-22-23(15-18)33-14-13-32-22/h3-12,15,17H,13-14H2,1-2H3,(H,27,30). The summed E-state index contributed by atoms with van der Waals surface area (Å²) in [5.41, 5.74) is 2.83. The molecule has 0 radical (unpaired) electrons. The molecule has 1 aliphatic heterocycles. The van der Waals surface area contributed by atoms with Crippen LogP contribution in [0.4, 0.5) is 5.69 Å². The van der Waals surface area contributed by atoms with Gasteiger partial charge in [-0.2, -0.15) is 0 Å². The van der Waals surface area contributed by atoms with Gasteiger partial charge in [-0.05, 0) is 50.2 Å². The van der Waals surface area contributed by atoms with E-state index in [2.05, 4.69) is 5.32 Å². The second kappa shape index (κ2) is 9.23. The average molecular weight is 474 g/mol. The van der Waals surface area contributed by atoms with Gasteiger partial charge in [-0.3, -0.25) is 14.2 Å². The van der Waals surface area contributed by atoms with E-state index in [1.807, 2.05) is 43.3 Å². The number of aryl methyl sites for hydroxylation is 1. The van der Waals surface area contributed by atoms with Gasteiger partial charge in [-0.25, -0.2) is 4.98 Å². The van der Waals surface area contributed by atoms with Crippen molar-refractivity contribution in [2.75, 3.05) is 18.5 Å². The van der Waals surface area contributed by atoms with Crippen LogP contribution in [0.5, 0.6) is 11.5 Å². The molecule has 2 heterocycles. The second-order valence-corrected chi connectivity index (χ2v) is 9.30. The molecule has 34 heavy (non-hydrogen) atoms. The van der Waals surface area contributed by atoms with Crippen LogP contribution in [0.2, 0.25) is 0 Å². The van der Waals surface area contributed by atoms with Crippen molar-refractivity contribution >= 4 is 34.3 Å². The van der Waals surface area contributed by atoms with E-state index >= 15 is 0 Å². The highest BCUT2D eigenvalue weighted by Crippen LogP contribution is 2.33. The molecule has 1 N–H and O–H groups in total. The Morgan fingerprint density at radius 2 is 1.76 bits per heavy atom. The van der Waals surface area contributed by atoms with Crippen LogP contribution in [0.25, 0.3) is 16.6 Å². The van der Waals surface area contributed by atoms with E-state index in [-0.39, 0.29) is 11.5 Å². The molecule has 7 nitrogen and oxygen atoms in total. The molecular formula is C26H23N3O4S. The third kappa shape index (κ3) is 4.36. The molecule has 1 aliphatic rings. The van der Waals surface area contributed by atoms with Crippen molar-refractivity contribution in [3.63, 3.8) is 0 Å². The summed E-state index contributed by atoms with van der Waals surface area (Å²) >= 11 is 1.24. The van der Waals surface area contributed by atoms with Gasteiger partial charge >= 0.3 is 0 Å². The molecule has 1 aromatic heterocycles. The minimum atomic E-state index is -0.516. The number of anilines is 1. The summed E-state index contributed by atoms with van der Waals surface area (Å²) in [6, 6.07) is 20.2. The summed E-state index contributed by atoms with van der Waals surface area (Å²) < 4.78 is 12.7. The summed E-state index contributed by atoms with van der Waals surface area (Å²) in [5, 5.41) is 3.39. The van der Waals surface area contributed by atoms with Gasteiger partial charge in [0.15, 0.2) is 16.7 Å². The number of nitrogens with zero attached hydrogens (tertiary/aromatic N) is 2. The fourth-order valence-electron chi connectivity index (χ4n) is 3.69. The Morgan fingerprint density at radius 1 is 1.03 bits per heavy atom. The van der Waals surface area contributed by atoms with E-state index in [0.29, 0.717) is 52.1 Å². The van der Waals surface area contributed by atoms with Crippen molar-refractivity contribution in [3.05, 3.63) is 82.6 Å². The summed E-state index contributed by atoms with van der Waals surface area (Å²) in [6.07, 6.45) is 0. The maximum absolute atomic E-state index is 13.4. The molecule has 1 amide bonds. The van der Waals surface area contributed by atoms with Gasteiger partial charge in [0.25, 0.3) is 5.56 Å². The summed E-state index contributed by atoms with van der Waals surface area (Å²) in [6.45, 7) is 4.76. The Kier molecular flexibility index (Phi) is 5.98. The minimum absolute atomic E-state index is 0.170. The summed E-state index contributed by atoms with van der Waals surface area (Å²) in [5.74, 6) is 1.06. The van der Waals surface area contributed by atoms with Gasteiger partial charge in [0.1, 0.15) is 13.2 Å². The smallest absolute Gasteiger partial charge is 0.266 e. The van der Waals surface area contributed by atoms with E-state index in [4.69, 9.17) is 14.5 Å². The number of carbonyl (C=O) groups is 1. The van der Waals surface area contributed by atoms with E-state index < -0.39 is 5.25 Å². The molecule has 0 aliphatic carbocycles. The van der Waals surface area contributed by atoms with Gasteiger partial charge in [-0.1, -0.05) is 41.6 Å². The highest BCUT2D eigenvalue weighted by atomic mass is 32.2. The summed E-state index contributed by atoms with van der Waals surface area (Å²) in [4.78, 5) is 31.1. The number of ether oxygens (including phenoxy) is 2. The fraction of sp³-hybridized carbons (Fsp3) is 0.192. The Labute approximate surface area is 200 Å². The molecule has 1 unspecified atom stereocenters. The molecule has 0 spiro atoms. The number of fused-ring (bicyclic) bond motifs is 2. The molecule has 8 heteroatoms. The van der Waals surface area contributed by atoms with Crippen molar-refractivity contribution in [1.29, 1.82) is 0 Å². The number of nitrogens with one attached hydrogen (secondary N) is 1. The molecule has 5 rings (SSSR count). The summed E-state index contributed by atoms with van der Waals surface area (Å²) in [7, 11) is 0. The normalized spacial score (nSPS) is 13.5. The second-order valence-electron chi connectivity index (χ2n) is 8.00. The lowest BCUT2D eigenvalue weighted by atomic mass is 10.2. The van der Waals surface area contributed by atoms with Crippen molar-refractivity contribution < 1.29 is 14.3 Å². The topological polar surface area (TPSA) is 82.5 Å². The zero-order valence-corrected chi connectivity index (χ0v) is 19.6. The van der Waals surface area contributed by atoms with E-state index in [0.717, 1.165) is 5.56 Å². The molecule has 172 valence electrons. The van der Waals surface area contributed by atoms with Crippen LogP contribution < -0.4 is 20.3 Å². The molecule has 0 fully saturated rings. The molecule has 0 saturated carbocycles. The van der Waals surface area contributed by atoms with Gasteiger partial charge in [0.05, 0.1) is 21.8 Å². The molecule has 4 aromatic rings. The van der Waals surface area contributed by atoms with Crippen LogP contribution in [0.1, 0.15) is 12.5 Å². The third-order valence-corrected chi connectivity index (χ3v) is 6.55. The lowest BCUT2D eigenvalue weighted by Gasteiger charge is -2.20. The predicted molar refractivity (Wildman–Crippen MR) is 133 cm³/mol. The van der Waals surface area contributed by atoms with Crippen LogP contribution in [-0.4, -0.2) is 33.9 Å². The highest BCUT2D eigenvalue weighted by Gasteiger charge is 2.21. The van der Waals surface area contributed by atoms with Crippen LogP contribution >= 0.6 is 11.8 Å². The lowest BCUT2D eigenvalue weighted by molar-refractivity contribution is -0.115. The largest absolute Gasteiger partial charge is 0.486 e. The minimum Gasteiger partial charge on any atom is -0.486 e. The number of hydrogen-bond donors (Lipinski definition) is 1. The number of benzene rings is 3. The number of thioether (sulfide) groups is 1. The Morgan fingerprint density at radius 3 is 2.56 bits per heavy atom. The fourth-order valence-corrected chi connectivity index (χ4v) is 4.62. The number of amides is 1. The first-order valence-electron chi connectivity index (χ1n) is 11.0. The van der Waals surface area contributed by atoms with Crippen LogP contribution in [-0.2, 0) is 4.79 Å². The van der Waals surface area contributed by atoms with Crippen molar-refractivity contribution in [1.82, 2.24) is 9.55 Å². The zero-order valence-electron chi connectivity index (χ0n) is 18.8. The number of hydrogen-bond acceptors (Lipinski definition) is 6. The first-order valence-corrected chi connectivity index (χ1v) is 11.8. The van der Waals surface area contributed by atoms with Gasteiger partial charge in [0, 0.05) is 11.8 Å². The molecule has 1 atom stereocenters. The number of rotatable bonds is 5. The Balaban J connectivity index is 1.45. The number of para-hydroxylation sites is 1. The number of carbonyl (C=O) groups excluding carboxylic acids is 1. The molecule has 0 saturated heterocycles. The SMILES string of the molecule is Cc1ccc(-n2c(SC(C)C(=O)Nc3ccc4c(c3)OCCO4)nc3ccccc3c2=O)cc1. The molecule has 3 aromatic carbocycles. The van der Waals surface area contributed by atoms with Crippen molar-refractivity contribution in [3.8, 4) is 17.2 Å². The maximum atomic E-state index is 13.4. The van der Waals surface area contributed by atoms with Crippen LogP contribution in [0.3, 0.4) is 0 Å². The molecular weight excluding hydrogens is 450 g/mol. The first-order chi connectivity index (χ1) is 16.5. The van der Waals surface area contributed by atoms with Crippen LogP contribution in [0, 0.1) is 6.92 Å². The Bertz CT molecular complexity index is 1430. The average Bonchev–Trinajstić information content (AvgIpc) is 2.85. The first kappa shape index (κ1) is 22.0. The quantitative estimate of drug-likeness (QED) is 0.337. The number of aromatic nitrogens is 2. The van der Waals surface area contributed by atoms with Gasteiger partial charge in [-0.15, -0.1) is 0 Å². The van der Waals surface area contributed by atoms with E-state index in [1.54, 1.807) is 41.8 Å². The predicted octanol–water partition coefficient (Wildman–Crippen LogP) is 4.58. The third-order valence-electron chi connectivity index (χ3n) is 5.50. The molecule has 0 bridgehead atoms. The van der Waals surface area contributed by atoms with Gasteiger partial charge < -0.3 is 14.8 Å². The zero-order chi connectivity index (χ0) is 23.7. The van der Waals surface area contributed by atoms with Crippen LogP contribution in [0.15, 0.2) is 76.7 Å². The highest BCUT2D eigenvalue weighted by molar-refractivity contribution is 8.00. The van der Waals surface area contributed by atoms with Gasteiger partial charge in [0.2, 0.25) is 5.91 Å². The van der Waals surface area contributed by atoms with Crippen molar-refractivity contribution in [2.45, 2.75) is 24.3 Å². The van der Waals surface area contributed by atoms with Crippen molar-refractivity contribution in [2.24, 2.45) is 0 Å². The lowest BCUT2D eigenvalue weighted by Crippen LogP contribution is -2.26. The maximum Gasteiger partial charge on any atom is 0.266 e. The van der Waals surface area contributed by atoms with E-state index in [9.17, 15) is 9.59 Å².